The van der Waals surface area contributed by atoms with Crippen molar-refractivity contribution in [1.29, 1.82) is 0 Å². The largest absolute Gasteiger partial charge is 0.494 e. The lowest BCUT2D eigenvalue weighted by Gasteiger charge is -2.31. The molecule has 0 fully saturated rings. The van der Waals surface area contributed by atoms with Gasteiger partial charge < -0.3 is 15.6 Å². The first-order chi connectivity index (χ1) is 7.92. The van der Waals surface area contributed by atoms with E-state index >= 15 is 0 Å². The van der Waals surface area contributed by atoms with Crippen LogP contribution in [0.25, 0.3) is 0 Å². The van der Waals surface area contributed by atoms with Crippen molar-refractivity contribution in [3.63, 3.8) is 0 Å². The van der Waals surface area contributed by atoms with Gasteiger partial charge in [-0.2, -0.15) is 0 Å². The number of nitrogens with two attached hydrogens (primary N) is 1. The van der Waals surface area contributed by atoms with Gasteiger partial charge in [0, 0.05) is 28.1 Å². The van der Waals surface area contributed by atoms with Crippen molar-refractivity contribution < 1.29 is 9.84 Å². The Labute approximate surface area is 123 Å². The lowest BCUT2D eigenvalue weighted by atomic mass is 9.81. The molecule has 1 rings (SSSR count). The summed E-state index contributed by atoms with van der Waals surface area (Å²) in [5.74, 6) is 0.782. The molecule has 0 bridgehead atoms. The zero-order valence-electron chi connectivity index (χ0n) is 10.9. The van der Waals surface area contributed by atoms with Gasteiger partial charge in [-0.15, -0.1) is 12.4 Å². The molecule has 0 saturated carbocycles. The van der Waals surface area contributed by atoms with Crippen molar-refractivity contribution in [3.05, 3.63) is 28.2 Å². The SMILES string of the molecule is CCOc1ccc(Br)cc1[C@H](N)C(C)(C)CO.Cl. The van der Waals surface area contributed by atoms with Gasteiger partial charge in [0.15, 0.2) is 0 Å². The maximum Gasteiger partial charge on any atom is 0.124 e. The van der Waals surface area contributed by atoms with Gasteiger partial charge in [0.2, 0.25) is 0 Å². The lowest BCUT2D eigenvalue weighted by Crippen LogP contribution is -2.32. The molecule has 0 saturated heterocycles. The molecule has 0 unspecified atom stereocenters. The fraction of sp³-hybridized carbons (Fsp3) is 0.538. The molecule has 1 aromatic carbocycles. The van der Waals surface area contributed by atoms with E-state index in [4.69, 9.17) is 10.5 Å². The van der Waals surface area contributed by atoms with Crippen LogP contribution in [0.2, 0.25) is 0 Å². The lowest BCUT2D eigenvalue weighted by molar-refractivity contribution is 0.130. The van der Waals surface area contributed by atoms with Gasteiger partial charge in [0.1, 0.15) is 5.75 Å². The van der Waals surface area contributed by atoms with E-state index in [1.165, 1.54) is 0 Å². The Morgan fingerprint density at radius 1 is 1.44 bits per heavy atom. The summed E-state index contributed by atoms with van der Waals surface area (Å²) < 4.78 is 6.53. The summed E-state index contributed by atoms with van der Waals surface area (Å²) >= 11 is 3.43. The molecule has 0 radical (unpaired) electrons. The van der Waals surface area contributed by atoms with Crippen molar-refractivity contribution in [1.82, 2.24) is 0 Å². The van der Waals surface area contributed by atoms with E-state index in [0.717, 1.165) is 15.8 Å². The Bertz CT molecular complexity index is 385. The molecule has 0 aromatic heterocycles. The molecule has 1 atom stereocenters. The van der Waals surface area contributed by atoms with E-state index in [1.807, 2.05) is 39.0 Å². The van der Waals surface area contributed by atoms with Gasteiger partial charge >= 0.3 is 0 Å². The second kappa shape index (κ2) is 7.34. The van der Waals surface area contributed by atoms with Crippen LogP contribution >= 0.6 is 28.3 Å². The number of halogens is 2. The summed E-state index contributed by atoms with van der Waals surface area (Å²) in [6.07, 6.45) is 0. The van der Waals surface area contributed by atoms with Crippen LogP contribution < -0.4 is 10.5 Å². The van der Waals surface area contributed by atoms with Crippen LogP contribution in [0.1, 0.15) is 32.4 Å². The highest BCUT2D eigenvalue weighted by Crippen LogP contribution is 2.37. The third-order valence-corrected chi connectivity index (χ3v) is 3.35. The van der Waals surface area contributed by atoms with E-state index in [0.29, 0.717) is 6.61 Å². The molecule has 0 aliphatic carbocycles. The summed E-state index contributed by atoms with van der Waals surface area (Å²) in [6, 6.07) is 5.50. The average Bonchev–Trinajstić information content (AvgIpc) is 2.30. The summed E-state index contributed by atoms with van der Waals surface area (Å²) in [7, 11) is 0. The number of ether oxygens (including phenoxy) is 1. The predicted molar refractivity (Wildman–Crippen MR) is 80.4 cm³/mol. The van der Waals surface area contributed by atoms with Gasteiger partial charge in [-0.3, -0.25) is 0 Å². The first-order valence-corrected chi connectivity index (χ1v) is 6.50. The fourth-order valence-electron chi connectivity index (χ4n) is 1.57. The van der Waals surface area contributed by atoms with Crippen LogP contribution in [0, 0.1) is 5.41 Å². The molecule has 0 heterocycles. The summed E-state index contributed by atoms with van der Waals surface area (Å²) in [6.45, 7) is 6.45. The van der Waals surface area contributed by atoms with Crippen LogP contribution in [-0.4, -0.2) is 18.3 Å². The Hall–Kier alpha value is -0.290. The zero-order valence-corrected chi connectivity index (χ0v) is 13.3. The van der Waals surface area contributed by atoms with Gasteiger partial charge in [0.25, 0.3) is 0 Å². The summed E-state index contributed by atoms with van der Waals surface area (Å²) in [5, 5.41) is 9.38. The van der Waals surface area contributed by atoms with Gasteiger partial charge in [-0.1, -0.05) is 29.8 Å². The highest BCUT2D eigenvalue weighted by molar-refractivity contribution is 9.10. The molecule has 3 N–H and O–H groups in total. The molecular formula is C13H21BrClNO2. The van der Waals surface area contributed by atoms with Crippen LogP contribution in [0.3, 0.4) is 0 Å². The number of aliphatic hydroxyl groups is 1. The number of rotatable bonds is 5. The summed E-state index contributed by atoms with van der Waals surface area (Å²) in [4.78, 5) is 0. The minimum absolute atomic E-state index is 0. The molecular weight excluding hydrogens is 318 g/mol. The molecule has 104 valence electrons. The van der Waals surface area contributed by atoms with Crippen molar-refractivity contribution in [2.24, 2.45) is 11.1 Å². The van der Waals surface area contributed by atoms with Crippen LogP contribution in [0.4, 0.5) is 0 Å². The van der Waals surface area contributed by atoms with Crippen LogP contribution in [0.15, 0.2) is 22.7 Å². The van der Waals surface area contributed by atoms with Gasteiger partial charge in [-0.25, -0.2) is 0 Å². The fourth-order valence-corrected chi connectivity index (χ4v) is 1.95. The minimum Gasteiger partial charge on any atom is -0.494 e. The number of benzene rings is 1. The molecule has 5 heteroatoms. The van der Waals surface area contributed by atoms with Crippen LogP contribution in [0.5, 0.6) is 5.75 Å². The van der Waals surface area contributed by atoms with E-state index in [9.17, 15) is 5.11 Å². The molecule has 0 spiro atoms. The highest BCUT2D eigenvalue weighted by Gasteiger charge is 2.29. The van der Waals surface area contributed by atoms with E-state index in [1.54, 1.807) is 0 Å². The van der Waals surface area contributed by atoms with E-state index < -0.39 is 0 Å². The molecule has 3 nitrogen and oxygen atoms in total. The highest BCUT2D eigenvalue weighted by atomic mass is 79.9. The quantitative estimate of drug-likeness (QED) is 0.866. The van der Waals surface area contributed by atoms with Gasteiger partial charge in [0.05, 0.1) is 6.61 Å². The van der Waals surface area contributed by atoms with Gasteiger partial charge in [-0.05, 0) is 25.1 Å². The number of hydrogen-bond acceptors (Lipinski definition) is 3. The number of hydrogen-bond donors (Lipinski definition) is 2. The van der Waals surface area contributed by atoms with Crippen molar-refractivity contribution in [3.8, 4) is 5.75 Å². The first kappa shape index (κ1) is 17.7. The van der Waals surface area contributed by atoms with Crippen LogP contribution in [-0.2, 0) is 0 Å². The topological polar surface area (TPSA) is 55.5 Å². The smallest absolute Gasteiger partial charge is 0.124 e. The molecule has 1 aromatic rings. The Kier molecular flexibility index (Phi) is 7.22. The number of aliphatic hydroxyl groups excluding tert-OH is 1. The second-order valence-electron chi connectivity index (χ2n) is 4.74. The monoisotopic (exact) mass is 337 g/mol. The average molecular weight is 339 g/mol. The maximum atomic E-state index is 9.38. The Morgan fingerprint density at radius 2 is 2.06 bits per heavy atom. The molecule has 0 amide bonds. The first-order valence-electron chi connectivity index (χ1n) is 5.71. The molecule has 0 aliphatic heterocycles. The third kappa shape index (κ3) is 4.12. The van der Waals surface area contributed by atoms with Crippen molar-refractivity contribution in [2.45, 2.75) is 26.8 Å². The maximum absolute atomic E-state index is 9.38. The normalized spacial score (nSPS) is 12.8. The molecule has 18 heavy (non-hydrogen) atoms. The Morgan fingerprint density at radius 3 is 2.56 bits per heavy atom. The second-order valence-corrected chi connectivity index (χ2v) is 5.66. The molecule has 0 aliphatic rings. The zero-order chi connectivity index (χ0) is 13.1. The minimum atomic E-state index is -0.382. The Balaban J connectivity index is 0.00000289. The standard InChI is InChI=1S/C13H20BrNO2.ClH/c1-4-17-11-6-5-9(14)7-10(11)12(15)13(2,3)8-16;/h5-7,12,16H,4,8,15H2,1-3H3;1H/t12-;/m0./s1. The summed E-state index contributed by atoms with van der Waals surface area (Å²) in [5.41, 5.74) is 6.76. The van der Waals surface area contributed by atoms with Crippen molar-refractivity contribution >= 4 is 28.3 Å². The third-order valence-electron chi connectivity index (χ3n) is 2.86. The predicted octanol–water partition coefficient (Wildman–Crippen LogP) is 3.29. The van der Waals surface area contributed by atoms with E-state index in [2.05, 4.69) is 15.9 Å². The van der Waals surface area contributed by atoms with Crippen molar-refractivity contribution in [2.75, 3.05) is 13.2 Å². The van der Waals surface area contributed by atoms with E-state index in [-0.39, 0.29) is 30.5 Å².